The van der Waals surface area contributed by atoms with Gasteiger partial charge in [-0.25, -0.2) is 0 Å². The summed E-state index contributed by atoms with van der Waals surface area (Å²) in [7, 11) is 1.70. The van der Waals surface area contributed by atoms with Crippen molar-refractivity contribution >= 4 is 11.8 Å². The lowest BCUT2D eigenvalue weighted by molar-refractivity contribution is 0.405. The highest BCUT2D eigenvalue weighted by Crippen LogP contribution is 2.23. The van der Waals surface area contributed by atoms with Gasteiger partial charge in [-0.15, -0.1) is 11.8 Å². The molecule has 0 radical (unpaired) electrons. The maximum atomic E-state index is 5.44. The first-order chi connectivity index (χ1) is 8.19. The summed E-state index contributed by atoms with van der Waals surface area (Å²) in [6.07, 6.45) is 0. The van der Waals surface area contributed by atoms with Gasteiger partial charge in [0.05, 0.1) is 12.1 Å². The molecule has 0 fully saturated rings. The molecule has 0 aliphatic carbocycles. The molecule has 3 N–H and O–H groups in total. The Hall–Kier alpha value is -1.13. The average molecular weight is 252 g/mol. The molecule has 0 aliphatic rings. The first-order valence-corrected chi connectivity index (χ1v) is 6.55. The van der Waals surface area contributed by atoms with E-state index >= 15 is 0 Å². The minimum Gasteiger partial charge on any atom is -0.496 e. The van der Waals surface area contributed by atoms with Crippen LogP contribution in [-0.4, -0.2) is 19.4 Å². The van der Waals surface area contributed by atoms with E-state index in [1.54, 1.807) is 18.9 Å². The second-order valence-electron chi connectivity index (χ2n) is 3.68. The van der Waals surface area contributed by atoms with Crippen LogP contribution in [0, 0.1) is 6.92 Å². The second kappa shape index (κ2) is 7.25. The minimum absolute atomic E-state index is 0.666. The molecule has 0 unspecified atom stereocenters. The van der Waals surface area contributed by atoms with Crippen LogP contribution in [0.4, 0.5) is 0 Å². The van der Waals surface area contributed by atoms with Crippen molar-refractivity contribution < 1.29 is 4.74 Å². The van der Waals surface area contributed by atoms with E-state index in [-0.39, 0.29) is 0 Å². The van der Waals surface area contributed by atoms with E-state index in [1.807, 2.05) is 19.1 Å². The molecule has 1 aromatic rings. The summed E-state index contributed by atoms with van der Waals surface area (Å²) in [5, 5.41) is 4.21. The van der Waals surface area contributed by atoms with Crippen LogP contribution in [0.2, 0.25) is 0 Å². The van der Waals surface area contributed by atoms with Gasteiger partial charge < -0.3 is 15.8 Å². The molecule has 0 atom stereocenters. The van der Waals surface area contributed by atoms with Gasteiger partial charge in [-0.1, -0.05) is 24.8 Å². The van der Waals surface area contributed by atoms with E-state index in [4.69, 9.17) is 10.5 Å². The van der Waals surface area contributed by atoms with E-state index < -0.39 is 0 Å². The third-order valence-electron chi connectivity index (χ3n) is 2.37. The fraction of sp³-hybridized carbons (Fsp3) is 0.385. The molecular formula is C13H20N2OS. The largest absolute Gasteiger partial charge is 0.496 e. The van der Waals surface area contributed by atoms with Crippen LogP contribution < -0.4 is 15.8 Å². The highest BCUT2D eigenvalue weighted by atomic mass is 32.2. The summed E-state index contributed by atoms with van der Waals surface area (Å²) < 4.78 is 5.39. The Morgan fingerprint density at radius 1 is 1.53 bits per heavy atom. The van der Waals surface area contributed by atoms with Crippen LogP contribution in [0.1, 0.15) is 11.1 Å². The normalized spacial score (nSPS) is 10.1. The summed E-state index contributed by atoms with van der Waals surface area (Å²) >= 11 is 1.64. The van der Waals surface area contributed by atoms with Crippen molar-refractivity contribution in [3.05, 3.63) is 40.9 Å². The Balaban J connectivity index is 2.57. The van der Waals surface area contributed by atoms with Gasteiger partial charge in [0.15, 0.2) is 0 Å². The Kier molecular flexibility index (Phi) is 5.94. The quantitative estimate of drug-likeness (QED) is 0.781. The molecule has 94 valence electrons. The molecule has 4 heteroatoms. The summed E-state index contributed by atoms with van der Waals surface area (Å²) in [5.74, 6) is 1.83. The van der Waals surface area contributed by atoms with Crippen LogP contribution in [0.15, 0.2) is 29.8 Å². The number of ether oxygens (including phenoxy) is 1. The summed E-state index contributed by atoms with van der Waals surface area (Å²) in [6, 6.07) is 6.13. The minimum atomic E-state index is 0.666. The molecule has 0 saturated heterocycles. The van der Waals surface area contributed by atoms with Crippen molar-refractivity contribution in [2.45, 2.75) is 13.5 Å². The van der Waals surface area contributed by atoms with Crippen LogP contribution in [0.3, 0.4) is 0 Å². The number of benzene rings is 1. The Bertz CT molecular complexity index is 380. The highest BCUT2D eigenvalue weighted by molar-refractivity contribution is 8.03. The number of nitrogens with two attached hydrogens (primary N) is 1. The van der Waals surface area contributed by atoms with Crippen molar-refractivity contribution in [1.82, 2.24) is 5.32 Å². The summed E-state index contributed by atoms with van der Waals surface area (Å²) in [6.45, 7) is 7.37. The Labute approximate surface area is 107 Å². The number of hydrogen-bond acceptors (Lipinski definition) is 4. The maximum absolute atomic E-state index is 5.44. The van der Waals surface area contributed by atoms with Gasteiger partial charge in [0, 0.05) is 24.4 Å². The van der Waals surface area contributed by atoms with E-state index in [1.165, 1.54) is 0 Å². The van der Waals surface area contributed by atoms with Gasteiger partial charge >= 0.3 is 0 Å². The number of methoxy groups -OCH3 is 1. The molecule has 0 amide bonds. The van der Waals surface area contributed by atoms with Crippen molar-refractivity contribution in [2.24, 2.45) is 5.73 Å². The summed E-state index contributed by atoms with van der Waals surface area (Å²) in [4.78, 5) is 0. The predicted molar refractivity (Wildman–Crippen MR) is 75.2 cm³/mol. The van der Waals surface area contributed by atoms with Gasteiger partial charge in [0.2, 0.25) is 0 Å². The zero-order valence-corrected chi connectivity index (χ0v) is 11.3. The van der Waals surface area contributed by atoms with Gasteiger partial charge in [-0.3, -0.25) is 0 Å². The Morgan fingerprint density at radius 3 is 2.94 bits per heavy atom. The molecule has 17 heavy (non-hydrogen) atoms. The van der Waals surface area contributed by atoms with E-state index in [9.17, 15) is 0 Å². The van der Waals surface area contributed by atoms with Gasteiger partial charge in [0.25, 0.3) is 0 Å². The zero-order chi connectivity index (χ0) is 12.7. The molecule has 3 nitrogen and oxygen atoms in total. The van der Waals surface area contributed by atoms with Crippen molar-refractivity contribution in [2.75, 3.05) is 19.4 Å². The molecule has 0 aromatic heterocycles. The average Bonchev–Trinajstić information content (AvgIpc) is 2.33. The van der Waals surface area contributed by atoms with Gasteiger partial charge in [0.1, 0.15) is 5.75 Å². The zero-order valence-electron chi connectivity index (χ0n) is 10.5. The molecule has 0 saturated carbocycles. The van der Waals surface area contributed by atoms with E-state index in [2.05, 4.69) is 18.0 Å². The third kappa shape index (κ3) is 4.32. The van der Waals surface area contributed by atoms with Crippen molar-refractivity contribution in [3.8, 4) is 5.75 Å². The second-order valence-corrected chi connectivity index (χ2v) is 4.87. The molecular weight excluding hydrogens is 232 g/mol. The van der Waals surface area contributed by atoms with Crippen LogP contribution in [-0.2, 0) is 6.54 Å². The SMILES string of the molecule is C=C(NCc1cccc(C)c1OC)SCCN. The third-order valence-corrected chi connectivity index (χ3v) is 3.30. The lowest BCUT2D eigenvalue weighted by Gasteiger charge is -2.13. The van der Waals surface area contributed by atoms with Crippen LogP contribution >= 0.6 is 11.8 Å². The Morgan fingerprint density at radius 2 is 2.29 bits per heavy atom. The van der Waals surface area contributed by atoms with Gasteiger partial charge in [-0.2, -0.15) is 0 Å². The van der Waals surface area contributed by atoms with Crippen LogP contribution in [0.25, 0.3) is 0 Å². The number of hydrogen-bond donors (Lipinski definition) is 2. The summed E-state index contributed by atoms with van der Waals surface area (Å²) in [5.41, 5.74) is 7.73. The predicted octanol–water partition coefficient (Wildman–Crippen LogP) is 2.26. The lowest BCUT2D eigenvalue weighted by atomic mass is 10.1. The first kappa shape index (κ1) is 13.9. The molecule has 1 aromatic carbocycles. The fourth-order valence-electron chi connectivity index (χ4n) is 1.57. The van der Waals surface area contributed by atoms with E-state index in [0.717, 1.165) is 34.2 Å². The molecule has 1 rings (SSSR count). The highest BCUT2D eigenvalue weighted by Gasteiger charge is 2.05. The van der Waals surface area contributed by atoms with Gasteiger partial charge in [-0.05, 0) is 12.5 Å². The number of rotatable bonds is 7. The van der Waals surface area contributed by atoms with Crippen LogP contribution in [0.5, 0.6) is 5.75 Å². The monoisotopic (exact) mass is 252 g/mol. The van der Waals surface area contributed by atoms with E-state index in [0.29, 0.717) is 6.54 Å². The van der Waals surface area contributed by atoms with Crippen molar-refractivity contribution in [3.63, 3.8) is 0 Å². The maximum Gasteiger partial charge on any atom is 0.126 e. The topological polar surface area (TPSA) is 47.3 Å². The number of thioether (sulfide) groups is 1. The molecule has 0 spiro atoms. The smallest absolute Gasteiger partial charge is 0.126 e. The molecule has 0 heterocycles. The lowest BCUT2D eigenvalue weighted by Crippen LogP contribution is -2.12. The van der Waals surface area contributed by atoms with Crippen molar-refractivity contribution in [1.29, 1.82) is 0 Å². The number of nitrogens with one attached hydrogen (secondary N) is 1. The number of aryl methyl sites for hydroxylation is 1. The standard InChI is InChI=1S/C13H20N2OS/c1-10-5-4-6-12(13(10)16-3)9-15-11(2)17-8-7-14/h4-6,15H,2,7-9,14H2,1,3H3. The fourth-order valence-corrected chi connectivity index (χ4v) is 2.11. The first-order valence-electron chi connectivity index (χ1n) is 5.57. The molecule has 0 bridgehead atoms. The molecule has 0 aliphatic heterocycles. The number of para-hydroxylation sites is 1.